The van der Waals surface area contributed by atoms with Crippen LogP contribution >= 0.6 is 0 Å². The molecule has 6 aliphatic rings. The van der Waals surface area contributed by atoms with E-state index in [4.69, 9.17) is 47.9 Å². The van der Waals surface area contributed by atoms with E-state index in [0.29, 0.717) is 66.0 Å². The third-order valence-corrected chi connectivity index (χ3v) is 14.3. The molecule has 0 spiro atoms. The van der Waals surface area contributed by atoms with Crippen LogP contribution in [0.15, 0.2) is 84.1 Å². The number of benzene rings is 3. The van der Waals surface area contributed by atoms with E-state index in [2.05, 4.69) is 18.0 Å². The van der Waals surface area contributed by atoms with Gasteiger partial charge in [0.2, 0.25) is 24.8 Å². The Bertz CT molecular complexity index is 2380. The van der Waals surface area contributed by atoms with Crippen molar-refractivity contribution in [2.24, 2.45) is 28.8 Å². The standard InChI is InChI=1S/C53H65N3O13/c1-4-24-66-53-47(56(51(59)34-15-16-34)31-33-14-20-44-46(26-33)65-32-64-44)30-42(55-69-48-13-7-10-25-63-48)39-27-35(11-5-8-22-57)38(12-6-9-23-58)49(50(39)53)40-28-37(18-21-43(40)68-53)67-52(60)54-41-19-17-36(61-2)29-45(41)62-3/h4,14,17-21,26-29,34-35,38,47-50,57-58H,1,5-13,15-16,22-25,30-32H2,2-3H3,(H,54,60)/t35-,38+,47-,48?,49+,50+,53+/m0/s1. The number of rotatable bonds is 21. The van der Waals surface area contributed by atoms with Crippen molar-refractivity contribution >= 4 is 23.4 Å². The van der Waals surface area contributed by atoms with Crippen molar-refractivity contribution in [2.75, 3.05) is 52.8 Å². The number of unbranched alkanes of at least 4 members (excludes halogenated alkanes) is 2. The van der Waals surface area contributed by atoms with Gasteiger partial charge in [-0.25, -0.2) is 4.79 Å². The van der Waals surface area contributed by atoms with Gasteiger partial charge in [-0.05, 0) is 117 Å². The molecular formula is C53H65N3O13. The maximum absolute atomic E-state index is 15.0. The van der Waals surface area contributed by atoms with Crippen LogP contribution in [0.1, 0.15) is 94.1 Å². The van der Waals surface area contributed by atoms with Crippen molar-refractivity contribution in [2.45, 2.75) is 108 Å². The largest absolute Gasteiger partial charge is 0.497 e. The summed E-state index contributed by atoms with van der Waals surface area (Å²) in [6.07, 6.45) is 11.4. The molecule has 3 heterocycles. The average Bonchev–Trinajstić information content (AvgIpc) is 4.12. The summed E-state index contributed by atoms with van der Waals surface area (Å²) in [4.78, 5) is 37.0. The Kier molecular flexibility index (Phi) is 15.3. The summed E-state index contributed by atoms with van der Waals surface area (Å²) >= 11 is 0. The summed E-state index contributed by atoms with van der Waals surface area (Å²) in [5.74, 6) is 0.448. The number of nitrogens with zero attached hydrogens (tertiary/aromatic N) is 2. The minimum absolute atomic E-state index is 0.00419. The summed E-state index contributed by atoms with van der Waals surface area (Å²) < 4.78 is 49.1. The Labute approximate surface area is 403 Å². The first-order chi connectivity index (χ1) is 33.8. The lowest BCUT2D eigenvalue weighted by Gasteiger charge is -2.60. The summed E-state index contributed by atoms with van der Waals surface area (Å²) in [7, 11) is 3.06. The highest BCUT2D eigenvalue weighted by Crippen LogP contribution is 2.62. The number of amides is 2. The van der Waals surface area contributed by atoms with Gasteiger partial charge in [0.1, 0.15) is 29.0 Å². The molecule has 16 nitrogen and oxygen atoms in total. The number of allylic oxidation sites excluding steroid dienone is 1. The van der Waals surface area contributed by atoms with E-state index < -0.39 is 30.1 Å². The zero-order valence-corrected chi connectivity index (χ0v) is 39.6. The lowest BCUT2D eigenvalue weighted by atomic mass is 9.55. The molecule has 2 amide bonds. The molecule has 2 saturated carbocycles. The summed E-state index contributed by atoms with van der Waals surface area (Å²) in [6.45, 7) is 5.23. The van der Waals surface area contributed by atoms with Crippen molar-refractivity contribution in [1.29, 1.82) is 0 Å². The highest BCUT2D eigenvalue weighted by Gasteiger charge is 2.66. The van der Waals surface area contributed by atoms with E-state index in [0.717, 1.165) is 68.1 Å². The van der Waals surface area contributed by atoms with Crippen molar-refractivity contribution < 1.29 is 62.5 Å². The van der Waals surface area contributed by atoms with Crippen LogP contribution in [0.3, 0.4) is 0 Å². The van der Waals surface area contributed by atoms with E-state index in [9.17, 15) is 15.0 Å². The van der Waals surface area contributed by atoms with Crippen LogP contribution in [0.4, 0.5) is 10.5 Å². The molecule has 7 atom stereocenters. The smallest absolute Gasteiger partial charge is 0.417 e. The van der Waals surface area contributed by atoms with Crippen LogP contribution < -0.4 is 33.7 Å². The van der Waals surface area contributed by atoms with Gasteiger partial charge in [0, 0.05) is 56.1 Å². The number of hydrogen-bond acceptors (Lipinski definition) is 14. The molecular weight excluding hydrogens is 887 g/mol. The fraction of sp³-hybridized carbons (Fsp3) is 0.528. The SMILES string of the molecule is C=CCO[C@@]12Oc3ccc(OC(=O)Nc4ccc(OC)cc4OC)cc3[C@H]3[C@H](CCCCO)[C@@H](CCCCO)C=C(C(=NOC4CCCCO4)C[C@@H]1N(Cc1ccc4c(c1)OCO4)C(=O)C1CC1)[C@H]32. The lowest BCUT2D eigenvalue weighted by Crippen LogP contribution is -2.70. The summed E-state index contributed by atoms with van der Waals surface area (Å²) in [6, 6.07) is 15.5. The van der Waals surface area contributed by atoms with Gasteiger partial charge in [-0.2, -0.15) is 0 Å². The Morgan fingerprint density at radius 3 is 2.46 bits per heavy atom. The monoisotopic (exact) mass is 951 g/mol. The van der Waals surface area contributed by atoms with Crippen molar-refractivity contribution in [1.82, 2.24) is 4.90 Å². The maximum Gasteiger partial charge on any atom is 0.417 e. The molecule has 370 valence electrons. The van der Waals surface area contributed by atoms with Gasteiger partial charge in [0.15, 0.2) is 11.5 Å². The number of fused-ring (bicyclic) bond motifs is 3. The highest BCUT2D eigenvalue weighted by atomic mass is 16.8. The van der Waals surface area contributed by atoms with Crippen LogP contribution in [-0.2, 0) is 25.7 Å². The number of hydrogen-bond donors (Lipinski definition) is 3. The fourth-order valence-electron chi connectivity index (χ4n) is 10.9. The Hall–Kier alpha value is -5.81. The molecule has 0 radical (unpaired) electrons. The van der Waals surface area contributed by atoms with Gasteiger partial charge >= 0.3 is 6.09 Å². The Balaban J connectivity index is 1.19. The zero-order chi connectivity index (χ0) is 47.9. The predicted molar refractivity (Wildman–Crippen MR) is 255 cm³/mol. The lowest BCUT2D eigenvalue weighted by molar-refractivity contribution is -0.258. The minimum Gasteiger partial charge on any atom is -0.497 e. The van der Waals surface area contributed by atoms with E-state index in [1.54, 1.807) is 37.5 Å². The molecule has 3 aliphatic carbocycles. The van der Waals surface area contributed by atoms with Crippen LogP contribution in [-0.4, -0.2) is 98.4 Å². The van der Waals surface area contributed by atoms with Gasteiger partial charge in [-0.1, -0.05) is 36.2 Å². The molecule has 1 unspecified atom stereocenters. The molecule has 3 aliphatic heterocycles. The quantitative estimate of drug-likeness (QED) is 0.0524. The van der Waals surface area contributed by atoms with E-state index >= 15 is 4.79 Å². The Morgan fingerprint density at radius 1 is 0.913 bits per heavy atom. The number of anilines is 1. The Morgan fingerprint density at radius 2 is 1.71 bits per heavy atom. The van der Waals surface area contributed by atoms with Crippen molar-refractivity contribution in [3.63, 3.8) is 0 Å². The molecule has 0 bridgehead atoms. The van der Waals surface area contributed by atoms with Crippen molar-refractivity contribution in [3.8, 4) is 34.5 Å². The first-order valence-electron chi connectivity index (χ1n) is 24.5. The number of oxime groups is 1. The number of carbonyl (C=O) groups excluding carboxylic acids is 2. The zero-order valence-electron chi connectivity index (χ0n) is 39.6. The van der Waals surface area contributed by atoms with E-state index in [1.165, 1.54) is 7.11 Å². The van der Waals surface area contributed by atoms with Gasteiger partial charge in [-0.3, -0.25) is 10.1 Å². The van der Waals surface area contributed by atoms with Gasteiger partial charge in [0.25, 0.3) is 0 Å². The topological polar surface area (TPSA) is 185 Å². The maximum atomic E-state index is 15.0. The van der Waals surface area contributed by atoms with Crippen LogP contribution in [0, 0.1) is 23.7 Å². The average molecular weight is 952 g/mol. The van der Waals surface area contributed by atoms with E-state index in [-0.39, 0.29) is 74.9 Å². The number of nitrogens with one attached hydrogen (secondary N) is 1. The number of aliphatic hydroxyl groups is 2. The van der Waals surface area contributed by atoms with Crippen molar-refractivity contribution in [3.05, 3.63) is 90.0 Å². The first kappa shape index (κ1) is 48.2. The number of methoxy groups -OCH3 is 2. The van der Waals surface area contributed by atoms with Crippen LogP contribution in [0.5, 0.6) is 34.5 Å². The second-order valence-electron chi connectivity index (χ2n) is 18.7. The van der Waals surface area contributed by atoms with Gasteiger partial charge in [0.05, 0.1) is 44.8 Å². The number of aliphatic hydroxyl groups excluding tert-OH is 2. The summed E-state index contributed by atoms with van der Waals surface area (Å²) in [5.41, 5.74) is 3.64. The van der Waals surface area contributed by atoms with Crippen LogP contribution in [0.25, 0.3) is 0 Å². The molecule has 16 heteroatoms. The normalized spacial score (nSPS) is 25.9. The molecule has 3 N–H and O–H groups in total. The summed E-state index contributed by atoms with van der Waals surface area (Å²) in [5, 5.41) is 27.9. The molecule has 1 saturated heterocycles. The van der Waals surface area contributed by atoms with Crippen LogP contribution in [0.2, 0.25) is 0 Å². The number of ether oxygens (including phenoxy) is 8. The molecule has 3 aromatic carbocycles. The highest BCUT2D eigenvalue weighted by molar-refractivity contribution is 6.03. The molecule has 9 rings (SSSR count). The minimum atomic E-state index is -1.48. The predicted octanol–water partition coefficient (Wildman–Crippen LogP) is 8.64. The second kappa shape index (κ2) is 21.9. The molecule has 0 aromatic heterocycles. The molecule has 3 fully saturated rings. The van der Waals surface area contributed by atoms with E-state index in [1.807, 2.05) is 35.2 Å². The second-order valence-corrected chi connectivity index (χ2v) is 18.7. The van der Waals surface area contributed by atoms with Gasteiger partial charge in [-0.15, -0.1) is 6.58 Å². The molecule has 3 aromatic rings. The third-order valence-electron chi connectivity index (χ3n) is 14.3. The van der Waals surface area contributed by atoms with Gasteiger partial charge < -0.3 is 57.8 Å². The molecule has 69 heavy (non-hydrogen) atoms. The third kappa shape index (κ3) is 10.4. The fourth-order valence-corrected chi connectivity index (χ4v) is 10.9. The number of carbonyl (C=O) groups is 2. The first-order valence-corrected chi connectivity index (χ1v) is 24.5.